The molecule has 1 N–H and O–H groups in total. The van der Waals surface area contributed by atoms with Crippen molar-refractivity contribution < 1.29 is 14.3 Å². The highest BCUT2D eigenvalue weighted by Crippen LogP contribution is 2.22. The van der Waals surface area contributed by atoms with Crippen LogP contribution in [0.3, 0.4) is 0 Å². The Kier molecular flexibility index (Phi) is 4.29. The van der Waals surface area contributed by atoms with E-state index < -0.39 is 5.97 Å². The third kappa shape index (κ3) is 3.34. The zero-order valence-corrected chi connectivity index (χ0v) is 12.4. The van der Waals surface area contributed by atoms with Crippen molar-refractivity contribution in [3.63, 3.8) is 0 Å². The van der Waals surface area contributed by atoms with Gasteiger partial charge >= 0.3 is 5.97 Å². The van der Waals surface area contributed by atoms with Gasteiger partial charge in [-0.1, -0.05) is 17.0 Å². The largest absolute Gasteiger partial charge is 0.476 e. The van der Waals surface area contributed by atoms with Gasteiger partial charge in [0.05, 0.1) is 11.4 Å². The predicted octanol–water partition coefficient (Wildman–Crippen LogP) is 2.19. The number of aromatic nitrogens is 5. The van der Waals surface area contributed by atoms with Gasteiger partial charge < -0.3 is 5.11 Å². The number of thioether (sulfide) groups is 1. The van der Waals surface area contributed by atoms with Crippen LogP contribution in [0.25, 0.3) is 5.69 Å². The lowest BCUT2D eigenvalue weighted by atomic mass is 10.3. The van der Waals surface area contributed by atoms with E-state index in [-0.39, 0.29) is 17.3 Å². The van der Waals surface area contributed by atoms with Gasteiger partial charge in [-0.2, -0.15) is 0 Å². The zero-order chi connectivity index (χ0) is 16.2. The molecule has 3 aromatic rings. The molecule has 23 heavy (non-hydrogen) atoms. The summed E-state index contributed by atoms with van der Waals surface area (Å²) in [4.78, 5) is 19.5. The number of rotatable bonds is 5. The normalized spacial score (nSPS) is 10.7. The summed E-state index contributed by atoms with van der Waals surface area (Å²) in [5.41, 5.74) is 0.746. The second kappa shape index (κ2) is 6.53. The minimum absolute atomic E-state index is 0.155. The van der Waals surface area contributed by atoms with E-state index >= 15 is 0 Å². The molecule has 0 fully saturated rings. The Morgan fingerprint density at radius 3 is 2.57 bits per heavy atom. The maximum absolute atomic E-state index is 13.0. The fourth-order valence-corrected chi connectivity index (χ4v) is 2.68. The Morgan fingerprint density at radius 1 is 1.22 bits per heavy atom. The molecule has 0 unspecified atom stereocenters. The van der Waals surface area contributed by atoms with Crippen LogP contribution >= 0.6 is 11.8 Å². The molecule has 0 saturated heterocycles. The quantitative estimate of drug-likeness (QED) is 0.565. The average molecular weight is 331 g/mol. The molecule has 1 aromatic carbocycles. The first-order valence-electron chi connectivity index (χ1n) is 6.49. The van der Waals surface area contributed by atoms with Gasteiger partial charge in [0, 0.05) is 18.1 Å². The van der Waals surface area contributed by atoms with E-state index in [1.165, 1.54) is 40.7 Å². The molecule has 0 amide bonds. The average Bonchev–Trinajstić information content (AvgIpc) is 2.99. The number of carboxylic acids is 1. The third-order valence-corrected chi connectivity index (χ3v) is 3.80. The highest BCUT2D eigenvalue weighted by atomic mass is 32.2. The van der Waals surface area contributed by atoms with Crippen molar-refractivity contribution in [2.45, 2.75) is 10.9 Å². The topological polar surface area (TPSA) is 93.8 Å². The summed E-state index contributed by atoms with van der Waals surface area (Å²) >= 11 is 1.26. The standard InChI is InChI=1S/C14H10FN5O2S/c15-9-2-4-10(5-3-9)20-11(12(13(21)22)18-19-20)8-23-14-16-6-1-7-17-14/h1-7H,8H2,(H,21,22). The SMILES string of the molecule is O=C(O)c1nnn(-c2ccc(F)cc2)c1CSc1ncccn1. The summed E-state index contributed by atoms with van der Waals surface area (Å²) in [7, 11) is 0. The fraction of sp³-hybridized carbons (Fsp3) is 0.0714. The zero-order valence-electron chi connectivity index (χ0n) is 11.6. The van der Waals surface area contributed by atoms with Crippen molar-refractivity contribution in [3.05, 3.63) is 59.9 Å². The second-order valence-corrected chi connectivity index (χ2v) is 5.34. The molecule has 116 valence electrons. The first-order chi connectivity index (χ1) is 11.1. The van der Waals surface area contributed by atoms with Gasteiger partial charge in [0.15, 0.2) is 10.9 Å². The van der Waals surface area contributed by atoms with Gasteiger partial charge in [0.25, 0.3) is 0 Å². The van der Waals surface area contributed by atoms with Crippen LogP contribution in [0.4, 0.5) is 4.39 Å². The van der Waals surface area contributed by atoms with Gasteiger partial charge in [0.1, 0.15) is 5.82 Å². The van der Waals surface area contributed by atoms with Gasteiger partial charge in [-0.3, -0.25) is 0 Å². The maximum atomic E-state index is 13.0. The monoisotopic (exact) mass is 331 g/mol. The number of hydrogen-bond donors (Lipinski definition) is 1. The third-order valence-electron chi connectivity index (χ3n) is 2.92. The Bertz CT molecular complexity index is 823. The van der Waals surface area contributed by atoms with E-state index in [4.69, 9.17) is 0 Å². The Labute approximate surface area is 134 Å². The van der Waals surface area contributed by atoms with Crippen LogP contribution in [0.15, 0.2) is 47.9 Å². The molecule has 9 heteroatoms. The summed E-state index contributed by atoms with van der Waals surface area (Å²) in [6, 6.07) is 7.24. The molecule has 0 atom stereocenters. The van der Waals surface area contributed by atoms with Crippen molar-refractivity contribution in [1.29, 1.82) is 0 Å². The molecule has 2 heterocycles. The summed E-state index contributed by atoms with van der Waals surface area (Å²) in [5.74, 6) is -1.31. The molecule has 0 bridgehead atoms. The number of aromatic carboxylic acids is 1. The lowest BCUT2D eigenvalue weighted by Gasteiger charge is -2.06. The van der Waals surface area contributed by atoms with Gasteiger partial charge in [0.2, 0.25) is 0 Å². The Morgan fingerprint density at radius 2 is 1.91 bits per heavy atom. The maximum Gasteiger partial charge on any atom is 0.358 e. The first-order valence-corrected chi connectivity index (χ1v) is 7.47. The van der Waals surface area contributed by atoms with Crippen LogP contribution in [0.1, 0.15) is 16.2 Å². The smallest absolute Gasteiger partial charge is 0.358 e. The molecule has 0 aliphatic rings. The first kappa shape index (κ1) is 15.1. The summed E-state index contributed by atoms with van der Waals surface area (Å²) in [5, 5.41) is 17.3. The van der Waals surface area contributed by atoms with Crippen LogP contribution in [0, 0.1) is 5.82 Å². The van der Waals surface area contributed by atoms with Crippen molar-refractivity contribution in [2.75, 3.05) is 0 Å². The van der Waals surface area contributed by atoms with Gasteiger partial charge in [-0.05, 0) is 30.3 Å². The van der Waals surface area contributed by atoms with Crippen molar-refractivity contribution >= 4 is 17.7 Å². The van der Waals surface area contributed by atoms with E-state index in [1.807, 2.05) is 0 Å². The second-order valence-electron chi connectivity index (χ2n) is 4.40. The van der Waals surface area contributed by atoms with E-state index in [2.05, 4.69) is 20.3 Å². The Hall–Kier alpha value is -2.81. The Balaban J connectivity index is 1.94. The van der Waals surface area contributed by atoms with Crippen LogP contribution in [-0.2, 0) is 5.75 Å². The summed E-state index contributed by atoms with van der Waals surface area (Å²) in [6.07, 6.45) is 3.20. The summed E-state index contributed by atoms with van der Waals surface area (Å²) in [6.45, 7) is 0. The fourth-order valence-electron chi connectivity index (χ4n) is 1.88. The molecular formula is C14H10FN5O2S. The molecule has 0 saturated carbocycles. The molecule has 7 nitrogen and oxygen atoms in total. The number of halogens is 1. The van der Waals surface area contributed by atoms with E-state index in [1.54, 1.807) is 18.5 Å². The minimum Gasteiger partial charge on any atom is -0.476 e. The van der Waals surface area contributed by atoms with Crippen LogP contribution < -0.4 is 0 Å². The highest BCUT2D eigenvalue weighted by molar-refractivity contribution is 7.98. The molecule has 0 aliphatic heterocycles. The van der Waals surface area contributed by atoms with E-state index in [9.17, 15) is 14.3 Å². The summed E-state index contributed by atoms with van der Waals surface area (Å²) < 4.78 is 14.4. The number of carboxylic acid groups (broad SMARTS) is 1. The predicted molar refractivity (Wildman–Crippen MR) is 79.9 cm³/mol. The lowest BCUT2D eigenvalue weighted by molar-refractivity contribution is 0.0689. The van der Waals surface area contributed by atoms with Gasteiger partial charge in [-0.15, -0.1) is 5.10 Å². The molecule has 0 aliphatic carbocycles. The van der Waals surface area contributed by atoms with Crippen LogP contribution in [-0.4, -0.2) is 36.0 Å². The molecule has 2 aromatic heterocycles. The van der Waals surface area contributed by atoms with Crippen LogP contribution in [0.2, 0.25) is 0 Å². The van der Waals surface area contributed by atoms with E-state index in [0.717, 1.165) is 0 Å². The lowest BCUT2D eigenvalue weighted by Crippen LogP contribution is -2.06. The number of benzene rings is 1. The number of carbonyl (C=O) groups is 1. The highest BCUT2D eigenvalue weighted by Gasteiger charge is 2.20. The number of hydrogen-bond acceptors (Lipinski definition) is 6. The van der Waals surface area contributed by atoms with Crippen LogP contribution in [0.5, 0.6) is 0 Å². The van der Waals surface area contributed by atoms with Crippen molar-refractivity contribution in [3.8, 4) is 5.69 Å². The molecular weight excluding hydrogens is 321 g/mol. The van der Waals surface area contributed by atoms with Crippen molar-refractivity contribution in [2.24, 2.45) is 0 Å². The van der Waals surface area contributed by atoms with Gasteiger partial charge in [-0.25, -0.2) is 23.8 Å². The number of nitrogens with zero attached hydrogens (tertiary/aromatic N) is 5. The minimum atomic E-state index is -1.18. The van der Waals surface area contributed by atoms with E-state index in [0.29, 0.717) is 16.5 Å². The molecule has 0 radical (unpaired) electrons. The molecule has 0 spiro atoms. The molecule has 3 rings (SSSR count). The van der Waals surface area contributed by atoms with Crippen molar-refractivity contribution in [1.82, 2.24) is 25.0 Å².